The molecule has 0 unspecified atom stereocenters. The van der Waals surface area contributed by atoms with E-state index in [-0.39, 0.29) is 17.0 Å². The van der Waals surface area contributed by atoms with Crippen LogP contribution in [0.2, 0.25) is 5.02 Å². The van der Waals surface area contributed by atoms with Crippen LogP contribution in [0.1, 0.15) is 5.56 Å². The van der Waals surface area contributed by atoms with Crippen molar-refractivity contribution in [3.8, 4) is 0 Å². The molecule has 86 valence electrons. The Hall–Kier alpha value is -1.62. The van der Waals surface area contributed by atoms with Crippen LogP contribution in [0.4, 0.5) is 4.39 Å². The fourth-order valence-electron chi connectivity index (χ4n) is 1.18. The average molecular weight is 247 g/mol. The van der Waals surface area contributed by atoms with Crippen molar-refractivity contribution < 1.29 is 24.2 Å². The minimum atomic E-state index is -1.58. The zero-order valence-corrected chi connectivity index (χ0v) is 8.74. The molecule has 0 saturated carbocycles. The van der Waals surface area contributed by atoms with Gasteiger partial charge in [-0.15, -0.1) is 0 Å². The summed E-state index contributed by atoms with van der Waals surface area (Å²) in [7, 11) is 0. The Morgan fingerprint density at radius 2 is 1.88 bits per heavy atom. The van der Waals surface area contributed by atoms with Gasteiger partial charge in [0, 0.05) is 0 Å². The highest BCUT2D eigenvalue weighted by atomic mass is 35.5. The number of hydrogen-bond donors (Lipinski definition) is 2. The average Bonchev–Trinajstić information content (AvgIpc) is 2.18. The standard InChI is InChI=1S/C10H8ClFO4/c11-7-2-1-5(4-8(7)12)3-6(9(13)14)10(15)16/h1-2,4,6H,3H2,(H,13,14)(H,15,16). The van der Waals surface area contributed by atoms with Crippen LogP contribution in [0, 0.1) is 11.7 Å². The van der Waals surface area contributed by atoms with Gasteiger partial charge in [-0.05, 0) is 24.1 Å². The molecule has 0 fully saturated rings. The molecule has 0 bridgehead atoms. The number of hydrogen-bond acceptors (Lipinski definition) is 2. The van der Waals surface area contributed by atoms with E-state index in [2.05, 4.69) is 0 Å². The van der Waals surface area contributed by atoms with Gasteiger partial charge < -0.3 is 10.2 Å². The molecule has 1 aromatic rings. The number of carboxylic acids is 2. The molecular weight excluding hydrogens is 239 g/mol. The molecule has 0 atom stereocenters. The van der Waals surface area contributed by atoms with E-state index < -0.39 is 23.7 Å². The van der Waals surface area contributed by atoms with Crippen molar-refractivity contribution in [2.45, 2.75) is 6.42 Å². The van der Waals surface area contributed by atoms with E-state index in [0.717, 1.165) is 6.07 Å². The van der Waals surface area contributed by atoms with Gasteiger partial charge in [-0.25, -0.2) is 4.39 Å². The molecule has 16 heavy (non-hydrogen) atoms. The molecule has 0 aliphatic carbocycles. The molecule has 1 aromatic carbocycles. The topological polar surface area (TPSA) is 74.6 Å². The zero-order chi connectivity index (χ0) is 12.3. The van der Waals surface area contributed by atoms with Crippen LogP contribution in [0.3, 0.4) is 0 Å². The summed E-state index contributed by atoms with van der Waals surface area (Å²) in [4.78, 5) is 21.2. The maximum absolute atomic E-state index is 13.0. The second-order valence-electron chi connectivity index (χ2n) is 3.18. The summed E-state index contributed by atoms with van der Waals surface area (Å²) in [6, 6.07) is 3.68. The van der Waals surface area contributed by atoms with Gasteiger partial charge in [-0.2, -0.15) is 0 Å². The molecular formula is C10H8ClFO4. The lowest BCUT2D eigenvalue weighted by Crippen LogP contribution is -2.25. The van der Waals surface area contributed by atoms with Gasteiger partial charge >= 0.3 is 11.9 Å². The molecule has 1 rings (SSSR count). The van der Waals surface area contributed by atoms with E-state index in [0.29, 0.717) is 0 Å². The second-order valence-corrected chi connectivity index (χ2v) is 3.59. The van der Waals surface area contributed by atoms with Crippen LogP contribution in [-0.4, -0.2) is 22.2 Å². The first kappa shape index (κ1) is 12.4. The first-order valence-electron chi connectivity index (χ1n) is 4.31. The summed E-state index contributed by atoms with van der Waals surface area (Å²) in [6.45, 7) is 0. The fraction of sp³-hybridized carbons (Fsp3) is 0.200. The highest BCUT2D eigenvalue weighted by Crippen LogP contribution is 2.18. The Kier molecular flexibility index (Phi) is 3.84. The van der Waals surface area contributed by atoms with Crippen LogP contribution >= 0.6 is 11.6 Å². The molecule has 0 aliphatic heterocycles. The van der Waals surface area contributed by atoms with Crippen molar-refractivity contribution in [2.75, 3.05) is 0 Å². The Labute approximate surface area is 95.3 Å². The fourth-order valence-corrected chi connectivity index (χ4v) is 1.30. The second kappa shape index (κ2) is 4.94. The van der Waals surface area contributed by atoms with Crippen molar-refractivity contribution in [3.63, 3.8) is 0 Å². The number of aliphatic carboxylic acids is 2. The van der Waals surface area contributed by atoms with Gasteiger partial charge in [0.2, 0.25) is 0 Å². The summed E-state index contributed by atoms with van der Waals surface area (Å²) in [6.07, 6.45) is -0.279. The number of halogens is 2. The van der Waals surface area contributed by atoms with E-state index in [1.165, 1.54) is 12.1 Å². The van der Waals surface area contributed by atoms with Crippen molar-refractivity contribution in [1.29, 1.82) is 0 Å². The predicted octanol–water partition coefficient (Wildman–Crippen LogP) is 1.81. The van der Waals surface area contributed by atoms with E-state index in [4.69, 9.17) is 21.8 Å². The first-order valence-corrected chi connectivity index (χ1v) is 4.69. The van der Waals surface area contributed by atoms with Gasteiger partial charge in [0.05, 0.1) is 5.02 Å². The molecule has 6 heteroatoms. The molecule has 0 radical (unpaired) electrons. The number of carbonyl (C=O) groups is 2. The lowest BCUT2D eigenvalue weighted by Gasteiger charge is -2.07. The molecule has 0 heterocycles. The normalized spacial score (nSPS) is 10.4. The van der Waals surface area contributed by atoms with E-state index >= 15 is 0 Å². The van der Waals surface area contributed by atoms with Crippen LogP contribution < -0.4 is 0 Å². The SMILES string of the molecule is O=C(O)C(Cc1ccc(Cl)c(F)c1)C(=O)O. The van der Waals surface area contributed by atoms with Crippen LogP contribution in [0.15, 0.2) is 18.2 Å². The van der Waals surface area contributed by atoms with E-state index in [9.17, 15) is 14.0 Å². The third-order valence-corrected chi connectivity index (χ3v) is 2.33. The summed E-state index contributed by atoms with van der Waals surface area (Å²) < 4.78 is 13.0. The molecule has 0 amide bonds. The van der Waals surface area contributed by atoms with Gasteiger partial charge in [0.25, 0.3) is 0 Å². The maximum atomic E-state index is 13.0. The van der Waals surface area contributed by atoms with Crippen molar-refractivity contribution in [1.82, 2.24) is 0 Å². The van der Waals surface area contributed by atoms with Gasteiger partial charge in [-0.3, -0.25) is 9.59 Å². The third kappa shape index (κ3) is 2.93. The highest BCUT2D eigenvalue weighted by molar-refractivity contribution is 6.30. The zero-order valence-electron chi connectivity index (χ0n) is 7.98. The molecule has 0 spiro atoms. The van der Waals surface area contributed by atoms with E-state index in [1.807, 2.05) is 0 Å². The molecule has 0 aromatic heterocycles. The predicted molar refractivity (Wildman–Crippen MR) is 53.9 cm³/mol. The number of carboxylic acid groups (broad SMARTS) is 2. The lowest BCUT2D eigenvalue weighted by atomic mass is 10.00. The number of benzene rings is 1. The van der Waals surface area contributed by atoms with Gasteiger partial charge in [0.15, 0.2) is 5.92 Å². The molecule has 4 nitrogen and oxygen atoms in total. The van der Waals surface area contributed by atoms with Crippen LogP contribution in [0.5, 0.6) is 0 Å². The summed E-state index contributed by atoms with van der Waals surface area (Å²) >= 11 is 5.43. The van der Waals surface area contributed by atoms with Crippen molar-refractivity contribution in [2.24, 2.45) is 5.92 Å². The monoisotopic (exact) mass is 246 g/mol. The van der Waals surface area contributed by atoms with Crippen LogP contribution in [-0.2, 0) is 16.0 Å². The van der Waals surface area contributed by atoms with Crippen LogP contribution in [0.25, 0.3) is 0 Å². The Balaban J connectivity index is 2.90. The Bertz CT molecular complexity index is 419. The summed E-state index contributed by atoms with van der Waals surface area (Å²) in [5.74, 6) is -5.19. The Morgan fingerprint density at radius 1 is 1.31 bits per heavy atom. The Morgan fingerprint density at radius 3 is 2.31 bits per heavy atom. The maximum Gasteiger partial charge on any atom is 0.318 e. The summed E-state index contributed by atoms with van der Waals surface area (Å²) in [5.41, 5.74) is 0.275. The third-order valence-electron chi connectivity index (χ3n) is 2.02. The minimum Gasteiger partial charge on any atom is -0.481 e. The number of rotatable bonds is 4. The van der Waals surface area contributed by atoms with Crippen molar-refractivity contribution in [3.05, 3.63) is 34.6 Å². The smallest absolute Gasteiger partial charge is 0.318 e. The van der Waals surface area contributed by atoms with Gasteiger partial charge in [-0.1, -0.05) is 17.7 Å². The van der Waals surface area contributed by atoms with Crippen molar-refractivity contribution >= 4 is 23.5 Å². The molecule has 0 saturated heterocycles. The summed E-state index contributed by atoms with van der Waals surface area (Å²) in [5, 5.41) is 17.2. The molecule has 0 aliphatic rings. The molecule has 2 N–H and O–H groups in total. The highest BCUT2D eigenvalue weighted by Gasteiger charge is 2.26. The minimum absolute atomic E-state index is 0.0917. The largest absolute Gasteiger partial charge is 0.481 e. The first-order chi connectivity index (χ1) is 7.41. The van der Waals surface area contributed by atoms with Gasteiger partial charge in [0.1, 0.15) is 5.82 Å². The van der Waals surface area contributed by atoms with E-state index in [1.54, 1.807) is 0 Å². The lowest BCUT2D eigenvalue weighted by molar-refractivity contribution is -0.154. The quantitative estimate of drug-likeness (QED) is 0.795.